The van der Waals surface area contributed by atoms with Gasteiger partial charge in [0.1, 0.15) is 12.6 Å². The fourth-order valence-corrected chi connectivity index (χ4v) is 3.12. The fourth-order valence-electron chi connectivity index (χ4n) is 3.12. The third-order valence-electron chi connectivity index (χ3n) is 4.48. The molecule has 132 valence electrons. The molecular formula is C17H19N3O5. The van der Waals surface area contributed by atoms with Crippen LogP contribution in [0.15, 0.2) is 24.3 Å². The van der Waals surface area contributed by atoms with Crippen molar-refractivity contribution < 1.29 is 23.9 Å². The summed E-state index contributed by atoms with van der Waals surface area (Å²) in [5, 5.41) is 0. The van der Waals surface area contributed by atoms with Crippen LogP contribution in [0.5, 0.6) is 0 Å². The van der Waals surface area contributed by atoms with Gasteiger partial charge in [-0.1, -0.05) is 0 Å². The maximum Gasteiger partial charge on any atom is 0.332 e. The summed E-state index contributed by atoms with van der Waals surface area (Å²) >= 11 is 0. The monoisotopic (exact) mass is 345 g/mol. The molecule has 0 saturated carbocycles. The van der Waals surface area contributed by atoms with Crippen LogP contribution in [0.4, 0.5) is 10.5 Å². The number of anilines is 1. The molecule has 0 unspecified atom stereocenters. The minimum Gasteiger partial charge on any atom is -0.375 e. The number of hydrogen-bond donors (Lipinski definition) is 0. The Hall–Kier alpha value is -2.74. The molecule has 0 aromatic heterocycles. The molecule has 2 heterocycles. The number of ketones is 1. The number of piperazine rings is 1. The SMILES string of the molecule is COCC(=O)N1CCN2C(=O)N(c3ccc(C(C)=O)cc3)C(=O)[C@H]2C1. The number of imide groups is 1. The van der Waals surface area contributed by atoms with Crippen molar-refractivity contribution in [3.05, 3.63) is 29.8 Å². The number of urea groups is 1. The number of benzene rings is 1. The van der Waals surface area contributed by atoms with Crippen molar-refractivity contribution in [3.63, 3.8) is 0 Å². The lowest BCUT2D eigenvalue weighted by Gasteiger charge is -2.35. The summed E-state index contributed by atoms with van der Waals surface area (Å²) in [4.78, 5) is 52.8. The molecule has 0 spiro atoms. The Kier molecular flexibility index (Phi) is 4.54. The van der Waals surface area contributed by atoms with Crippen LogP contribution in [-0.2, 0) is 14.3 Å². The van der Waals surface area contributed by atoms with Gasteiger partial charge in [-0.2, -0.15) is 0 Å². The molecule has 8 heteroatoms. The molecule has 0 bridgehead atoms. The van der Waals surface area contributed by atoms with Crippen LogP contribution in [0.3, 0.4) is 0 Å². The third kappa shape index (κ3) is 3.00. The largest absolute Gasteiger partial charge is 0.375 e. The summed E-state index contributed by atoms with van der Waals surface area (Å²) < 4.78 is 4.84. The van der Waals surface area contributed by atoms with Crippen molar-refractivity contribution in [1.29, 1.82) is 0 Å². The molecule has 1 aromatic rings. The lowest BCUT2D eigenvalue weighted by atomic mass is 10.1. The fraction of sp³-hybridized carbons (Fsp3) is 0.412. The van der Waals surface area contributed by atoms with Crippen molar-refractivity contribution in [2.24, 2.45) is 0 Å². The Labute approximate surface area is 144 Å². The molecular weight excluding hydrogens is 326 g/mol. The highest BCUT2D eigenvalue weighted by Crippen LogP contribution is 2.28. The maximum atomic E-state index is 12.7. The number of Topliss-reactive ketones (excluding diaryl/α,β-unsaturated/α-hetero) is 1. The lowest BCUT2D eigenvalue weighted by molar-refractivity contribution is -0.138. The summed E-state index contributed by atoms with van der Waals surface area (Å²) in [6.07, 6.45) is 0. The number of amides is 4. The molecule has 2 aliphatic rings. The van der Waals surface area contributed by atoms with Gasteiger partial charge in [0.15, 0.2) is 5.78 Å². The first kappa shape index (κ1) is 17.1. The average molecular weight is 345 g/mol. The van der Waals surface area contributed by atoms with Crippen molar-refractivity contribution >= 4 is 29.3 Å². The predicted octanol–water partition coefficient (Wildman–Crippen LogP) is 0.515. The predicted molar refractivity (Wildman–Crippen MR) is 88.3 cm³/mol. The van der Waals surface area contributed by atoms with E-state index in [2.05, 4.69) is 0 Å². The smallest absolute Gasteiger partial charge is 0.332 e. The van der Waals surface area contributed by atoms with Gasteiger partial charge in [-0.05, 0) is 31.2 Å². The first-order valence-electron chi connectivity index (χ1n) is 7.96. The second-order valence-electron chi connectivity index (χ2n) is 6.04. The molecule has 2 saturated heterocycles. The summed E-state index contributed by atoms with van der Waals surface area (Å²) in [5.41, 5.74) is 0.932. The summed E-state index contributed by atoms with van der Waals surface area (Å²) in [6, 6.07) is 5.25. The van der Waals surface area contributed by atoms with Gasteiger partial charge in [0, 0.05) is 25.8 Å². The minimum absolute atomic E-state index is 0.0505. The molecule has 0 N–H and O–H groups in total. The second-order valence-corrected chi connectivity index (χ2v) is 6.04. The number of carbonyl (C=O) groups is 4. The van der Waals surface area contributed by atoms with Crippen LogP contribution in [0.2, 0.25) is 0 Å². The first-order chi connectivity index (χ1) is 11.9. The maximum absolute atomic E-state index is 12.7. The molecule has 2 aliphatic heterocycles. The van der Waals surface area contributed by atoms with Crippen molar-refractivity contribution in [1.82, 2.24) is 9.80 Å². The van der Waals surface area contributed by atoms with Crippen molar-refractivity contribution in [2.75, 3.05) is 38.3 Å². The van der Waals surface area contributed by atoms with E-state index in [-0.39, 0.29) is 30.7 Å². The lowest BCUT2D eigenvalue weighted by Crippen LogP contribution is -2.55. The highest BCUT2D eigenvalue weighted by molar-refractivity contribution is 6.21. The number of hydrogen-bond acceptors (Lipinski definition) is 5. The van der Waals surface area contributed by atoms with E-state index in [1.165, 1.54) is 23.8 Å². The van der Waals surface area contributed by atoms with Crippen LogP contribution in [0.25, 0.3) is 0 Å². The van der Waals surface area contributed by atoms with Gasteiger partial charge in [0.25, 0.3) is 5.91 Å². The molecule has 1 aromatic carbocycles. The highest BCUT2D eigenvalue weighted by atomic mass is 16.5. The number of carbonyl (C=O) groups excluding carboxylic acids is 4. The topological polar surface area (TPSA) is 87.2 Å². The second kappa shape index (κ2) is 6.64. The molecule has 25 heavy (non-hydrogen) atoms. The quantitative estimate of drug-likeness (QED) is 0.586. The molecule has 1 atom stereocenters. The Morgan fingerprint density at radius 3 is 2.44 bits per heavy atom. The van der Waals surface area contributed by atoms with Gasteiger partial charge in [-0.25, -0.2) is 9.69 Å². The van der Waals surface area contributed by atoms with Gasteiger partial charge in [0.2, 0.25) is 5.91 Å². The number of methoxy groups -OCH3 is 1. The number of fused-ring (bicyclic) bond motifs is 1. The van der Waals surface area contributed by atoms with Crippen molar-refractivity contribution in [2.45, 2.75) is 13.0 Å². The number of ether oxygens (including phenoxy) is 1. The summed E-state index contributed by atoms with van der Waals surface area (Å²) in [5.74, 6) is -0.655. The third-order valence-corrected chi connectivity index (χ3v) is 4.48. The van der Waals surface area contributed by atoms with Crippen LogP contribution in [-0.4, -0.2) is 72.8 Å². The Morgan fingerprint density at radius 1 is 1.16 bits per heavy atom. The molecule has 0 aliphatic carbocycles. The summed E-state index contributed by atoms with van der Waals surface area (Å²) in [7, 11) is 1.44. The molecule has 2 fully saturated rings. The van der Waals surface area contributed by atoms with Gasteiger partial charge >= 0.3 is 6.03 Å². The molecule has 4 amide bonds. The van der Waals surface area contributed by atoms with Gasteiger partial charge in [-0.15, -0.1) is 0 Å². The van der Waals surface area contributed by atoms with E-state index in [1.807, 2.05) is 0 Å². The molecule has 3 rings (SSSR count). The summed E-state index contributed by atoms with van der Waals surface area (Å²) in [6.45, 7) is 2.23. The van der Waals surface area contributed by atoms with Crippen LogP contribution >= 0.6 is 0 Å². The molecule has 0 radical (unpaired) electrons. The standard InChI is InChI=1S/C17H19N3O5/c1-11(21)12-3-5-13(6-4-12)20-16(23)14-9-18(15(22)10-25-2)7-8-19(14)17(20)24/h3-6,14H,7-10H2,1-2H3/t14-/m1/s1. The van der Waals surface area contributed by atoms with Gasteiger partial charge < -0.3 is 14.5 Å². The van der Waals surface area contributed by atoms with E-state index in [0.29, 0.717) is 24.3 Å². The van der Waals surface area contributed by atoms with Crippen LogP contribution < -0.4 is 4.90 Å². The normalized spacial score (nSPS) is 20.1. The van der Waals surface area contributed by atoms with E-state index in [9.17, 15) is 19.2 Å². The Balaban J connectivity index is 1.80. The van der Waals surface area contributed by atoms with E-state index in [0.717, 1.165) is 4.90 Å². The van der Waals surface area contributed by atoms with E-state index < -0.39 is 12.1 Å². The van der Waals surface area contributed by atoms with Crippen LogP contribution in [0, 0.1) is 0 Å². The Bertz CT molecular complexity index is 730. The molecule has 8 nitrogen and oxygen atoms in total. The van der Waals surface area contributed by atoms with Gasteiger partial charge in [-0.3, -0.25) is 14.4 Å². The average Bonchev–Trinajstić information content (AvgIpc) is 2.86. The zero-order valence-corrected chi connectivity index (χ0v) is 14.1. The number of rotatable bonds is 4. The first-order valence-corrected chi connectivity index (χ1v) is 7.96. The van der Waals surface area contributed by atoms with E-state index >= 15 is 0 Å². The number of nitrogens with zero attached hydrogens (tertiary/aromatic N) is 3. The van der Waals surface area contributed by atoms with E-state index in [1.54, 1.807) is 24.3 Å². The zero-order valence-electron chi connectivity index (χ0n) is 14.1. The van der Waals surface area contributed by atoms with E-state index in [4.69, 9.17) is 4.74 Å². The van der Waals surface area contributed by atoms with Crippen LogP contribution in [0.1, 0.15) is 17.3 Å². The minimum atomic E-state index is -0.686. The Morgan fingerprint density at radius 2 is 1.84 bits per heavy atom. The van der Waals surface area contributed by atoms with Gasteiger partial charge in [0.05, 0.1) is 12.2 Å². The van der Waals surface area contributed by atoms with Crippen molar-refractivity contribution in [3.8, 4) is 0 Å². The highest BCUT2D eigenvalue weighted by Gasteiger charge is 2.48. The zero-order chi connectivity index (χ0) is 18.1.